The molecule has 12 heavy (non-hydrogen) atoms. The number of fused-ring (bicyclic) bond motifs is 1. The van der Waals surface area contributed by atoms with E-state index in [0.29, 0.717) is 0 Å². The van der Waals surface area contributed by atoms with Gasteiger partial charge in [-0.3, -0.25) is 0 Å². The molecule has 0 saturated heterocycles. The van der Waals surface area contributed by atoms with Gasteiger partial charge in [0.1, 0.15) is 11.0 Å². The Balaban J connectivity index is 0.000000336. The fourth-order valence-electron chi connectivity index (χ4n) is 0.941. The van der Waals surface area contributed by atoms with Crippen LogP contribution >= 0.6 is 11.7 Å². The number of hydrogen-bond acceptors (Lipinski definition) is 3. The fourth-order valence-corrected chi connectivity index (χ4v) is 1.54. The Kier molecular flexibility index (Phi) is 3.17. The molecule has 2 rings (SSSR count). The van der Waals surface area contributed by atoms with Gasteiger partial charge >= 0.3 is 0 Å². The van der Waals surface area contributed by atoms with Crippen molar-refractivity contribution < 1.29 is 0 Å². The monoisotopic (exact) mass is 180 g/mol. The minimum Gasteiger partial charge on any atom is -0.173 e. The second kappa shape index (κ2) is 4.16. The molecule has 0 unspecified atom stereocenters. The molecule has 2 nitrogen and oxygen atoms in total. The van der Waals surface area contributed by atoms with E-state index >= 15 is 0 Å². The van der Waals surface area contributed by atoms with Crippen LogP contribution in [-0.4, -0.2) is 8.75 Å². The molecule has 0 fully saturated rings. The first-order chi connectivity index (χ1) is 5.88. The highest BCUT2D eigenvalue weighted by molar-refractivity contribution is 7.00. The van der Waals surface area contributed by atoms with Crippen molar-refractivity contribution in [1.29, 1.82) is 0 Å². The van der Waals surface area contributed by atoms with Crippen LogP contribution in [0.25, 0.3) is 11.0 Å². The van der Waals surface area contributed by atoms with Crippen LogP contribution in [0.4, 0.5) is 0 Å². The minimum atomic E-state index is 1.00. The van der Waals surface area contributed by atoms with E-state index in [2.05, 4.69) is 8.75 Å². The van der Waals surface area contributed by atoms with Gasteiger partial charge in [0, 0.05) is 0 Å². The third-order valence-electron chi connectivity index (χ3n) is 1.49. The highest BCUT2D eigenvalue weighted by Gasteiger charge is 1.97. The Labute approximate surface area is 76.6 Å². The number of benzene rings is 1. The van der Waals surface area contributed by atoms with Crippen LogP contribution in [0.2, 0.25) is 0 Å². The summed E-state index contributed by atoms with van der Waals surface area (Å²) in [7, 11) is 0. The van der Waals surface area contributed by atoms with Crippen molar-refractivity contribution in [2.75, 3.05) is 0 Å². The summed E-state index contributed by atoms with van der Waals surface area (Å²) < 4.78 is 8.26. The van der Waals surface area contributed by atoms with E-state index in [4.69, 9.17) is 0 Å². The third kappa shape index (κ3) is 1.61. The molecule has 1 aromatic heterocycles. The first-order valence-electron chi connectivity index (χ1n) is 4.06. The Bertz CT molecular complexity index is 354. The largest absolute Gasteiger partial charge is 0.173 e. The molecular weight excluding hydrogens is 168 g/mol. The second-order valence-corrected chi connectivity index (χ2v) is 2.74. The maximum Gasteiger partial charge on any atom is 0.107 e. The van der Waals surface area contributed by atoms with E-state index in [9.17, 15) is 0 Å². The zero-order valence-corrected chi connectivity index (χ0v) is 8.35. The molecule has 0 spiro atoms. The van der Waals surface area contributed by atoms with Gasteiger partial charge in [0.15, 0.2) is 0 Å². The third-order valence-corrected chi connectivity index (χ3v) is 2.03. The van der Waals surface area contributed by atoms with Crippen LogP contribution in [0, 0.1) is 6.92 Å². The van der Waals surface area contributed by atoms with Gasteiger partial charge in [-0.1, -0.05) is 26.0 Å². The van der Waals surface area contributed by atoms with Crippen molar-refractivity contribution >= 4 is 22.8 Å². The molecule has 2 aromatic rings. The van der Waals surface area contributed by atoms with E-state index in [-0.39, 0.29) is 0 Å². The standard InChI is InChI=1S/C7H6N2S.C2H6/c1-5-3-2-4-6-7(5)9-10-8-6;1-2/h2-4H,1H3;1-2H3. The summed E-state index contributed by atoms with van der Waals surface area (Å²) in [4.78, 5) is 0. The molecule has 0 aliphatic carbocycles. The van der Waals surface area contributed by atoms with Crippen LogP contribution < -0.4 is 0 Å². The van der Waals surface area contributed by atoms with Gasteiger partial charge in [-0.15, -0.1) is 0 Å². The first kappa shape index (κ1) is 9.13. The average molecular weight is 180 g/mol. The fraction of sp³-hybridized carbons (Fsp3) is 0.333. The van der Waals surface area contributed by atoms with Crippen molar-refractivity contribution in [3.63, 3.8) is 0 Å². The molecule has 1 aromatic carbocycles. The normalized spacial score (nSPS) is 9.25. The lowest BCUT2D eigenvalue weighted by Crippen LogP contribution is -1.73. The predicted octanol–water partition coefficient (Wildman–Crippen LogP) is 3.03. The number of aromatic nitrogens is 2. The van der Waals surface area contributed by atoms with Crippen molar-refractivity contribution in [1.82, 2.24) is 8.75 Å². The summed E-state index contributed by atoms with van der Waals surface area (Å²) in [6.45, 7) is 6.05. The number of aryl methyl sites for hydroxylation is 1. The lowest BCUT2D eigenvalue weighted by atomic mass is 10.2. The molecular formula is C9H12N2S. The zero-order valence-electron chi connectivity index (χ0n) is 7.53. The zero-order chi connectivity index (χ0) is 8.97. The lowest BCUT2D eigenvalue weighted by molar-refractivity contribution is 1.48. The average Bonchev–Trinajstić information content (AvgIpc) is 2.57. The summed E-state index contributed by atoms with van der Waals surface area (Å²) in [6, 6.07) is 6.02. The van der Waals surface area contributed by atoms with E-state index in [1.54, 1.807) is 0 Å². The summed E-state index contributed by atoms with van der Waals surface area (Å²) >= 11 is 1.27. The van der Waals surface area contributed by atoms with Crippen molar-refractivity contribution in [3.8, 4) is 0 Å². The van der Waals surface area contributed by atoms with Gasteiger partial charge in [0.25, 0.3) is 0 Å². The van der Waals surface area contributed by atoms with Gasteiger partial charge in [-0.2, -0.15) is 8.75 Å². The van der Waals surface area contributed by atoms with E-state index in [0.717, 1.165) is 11.0 Å². The Hall–Kier alpha value is -0.960. The van der Waals surface area contributed by atoms with E-state index < -0.39 is 0 Å². The van der Waals surface area contributed by atoms with Crippen molar-refractivity contribution in [3.05, 3.63) is 23.8 Å². The lowest BCUT2D eigenvalue weighted by Gasteiger charge is -1.88. The van der Waals surface area contributed by atoms with Gasteiger partial charge in [0.05, 0.1) is 11.7 Å². The Morgan fingerprint density at radius 1 is 1.17 bits per heavy atom. The molecule has 0 N–H and O–H groups in total. The Morgan fingerprint density at radius 3 is 2.58 bits per heavy atom. The molecule has 0 saturated carbocycles. The molecule has 0 bridgehead atoms. The molecule has 0 atom stereocenters. The molecule has 64 valence electrons. The van der Waals surface area contributed by atoms with Gasteiger partial charge in [0.2, 0.25) is 0 Å². The predicted molar refractivity (Wildman–Crippen MR) is 53.5 cm³/mol. The first-order valence-corrected chi connectivity index (χ1v) is 4.79. The molecule has 0 aliphatic heterocycles. The Morgan fingerprint density at radius 2 is 1.92 bits per heavy atom. The van der Waals surface area contributed by atoms with Crippen molar-refractivity contribution in [2.24, 2.45) is 0 Å². The SMILES string of the molecule is CC.Cc1cccc2nsnc12. The summed E-state index contributed by atoms with van der Waals surface area (Å²) in [5, 5.41) is 0. The molecule has 0 amide bonds. The number of nitrogens with zero attached hydrogens (tertiary/aromatic N) is 2. The molecule has 1 heterocycles. The maximum absolute atomic E-state index is 4.15. The van der Waals surface area contributed by atoms with Gasteiger partial charge < -0.3 is 0 Å². The van der Waals surface area contributed by atoms with Crippen molar-refractivity contribution in [2.45, 2.75) is 20.8 Å². The summed E-state index contributed by atoms with van der Waals surface area (Å²) in [5.74, 6) is 0. The van der Waals surface area contributed by atoms with Crippen LogP contribution in [0.5, 0.6) is 0 Å². The highest BCUT2D eigenvalue weighted by Crippen LogP contribution is 2.14. The second-order valence-electron chi connectivity index (χ2n) is 2.21. The van der Waals surface area contributed by atoms with Crippen LogP contribution in [-0.2, 0) is 0 Å². The minimum absolute atomic E-state index is 1.00. The number of hydrogen-bond donors (Lipinski definition) is 0. The molecule has 0 radical (unpaired) electrons. The number of rotatable bonds is 0. The quantitative estimate of drug-likeness (QED) is 0.622. The van der Waals surface area contributed by atoms with Crippen LogP contribution in [0.15, 0.2) is 18.2 Å². The summed E-state index contributed by atoms with van der Waals surface area (Å²) in [5.41, 5.74) is 3.24. The molecule has 3 heteroatoms. The molecule has 0 aliphatic rings. The van der Waals surface area contributed by atoms with Gasteiger partial charge in [-0.05, 0) is 18.6 Å². The topological polar surface area (TPSA) is 25.8 Å². The highest BCUT2D eigenvalue weighted by atomic mass is 32.1. The van der Waals surface area contributed by atoms with Gasteiger partial charge in [-0.25, -0.2) is 0 Å². The van der Waals surface area contributed by atoms with E-state index in [1.807, 2.05) is 39.0 Å². The maximum atomic E-state index is 4.15. The van der Waals surface area contributed by atoms with E-state index in [1.165, 1.54) is 17.3 Å². The smallest absolute Gasteiger partial charge is 0.107 e. The van der Waals surface area contributed by atoms with Crippen LogP contribution in [0.1, 0.15) is 19.4 Å². The summed E-state index contributed by atoms with van der Waals surface area (Å²) in [6.07, 6.45) is 0. The van der Waals surface area contributed by atoms with Crippen LogP contribution in [0.3, 0.4) is 0 Å².